The van der Waals surface area contributed by atoms with Crippen molar-refractivity contribution in [1.29, 1.82) is 0 Å². The van der Waals surface area contributed by atoms with Crippen molar-refractivity contribution in [3.8, 4) is 0 Å². The van der Waals surface area contributed by atoms with Crippen LogP contribution in [0.15, 0.2) is 72.8 Å². The Bertz CT molecular complexity index is 1390. The molecule has 3 aromatic rings. The lowest BCUT2D eigenvalue weighted by Gasteiger charge is -2.32. The van der Waals surface area contributed by atoms with E-state index in [4.69, 9.17) is 0 Å². The fourth-order valence-corrected chi connectivity index (χ4v) is 5.53. The van der Waals surface area contributed by atoms with Gasteiger partial charge in [0.1, 0.15) is 6.04 Å². The Labute approximate surface area is 232 Å². The number of nitrogens with one attached hydrogen (secondary N) is 1. The molecule has 0 radical (unpaired) electrons. The molecule has 1 N–H and O–H groups in total. The summed E-state index contributed by atoms with van der Waals surface area (Å²) in [7, 11) is -1.98. The van der Waals surface area contributed by atoms with Gasteiger partial charge in [0.25, 0.3) is 0 Å². The van der Waals surface area contributed by atoms with E-state index in [1.165, 1.54) is 10.6 Å². The summed E-state index contributed by atoms with van der Waals surface area (Å²) in [5.41, 5.74) is 5.59. The van der Waals surface area contributed by atoms with Crippen LogP contribution in [0, 0.1) is 20.8 Å². The van der Waals surface area contributed by atoms with Gasteiger partial charge in [-0.25, -0.2) is 8.42 Å². The second-order valence-electron chi connectivity index (χ2n) is 9.98. The summed E-state index contributed by atoms with van der Waals surface area (Å²) in [6.45, 7) is 6.34. The van der Waals surface area contributed by atoms with Crippen molar-refractivity contribution < 1.29 is 18.0 Å². The summed E-state index contributed by atoms with van der Waals surface area (Å²) in [5.74, 6) is -0.440. The summed E-state index contributed by atoms with van der Waals surface area (Å²) in [5, 5.41) is 2.73. The van der Waals surface area contributed by atoms with E-state index in [1.807, 2.05) is 87.5 Å². The van der Waals surface area contributed by atoms with Gasteiger partial charge in [0.05, 0.1) is 11.9 Å². The minimum atomic E-state index is -3.55. The monoisotopic (exact) mass is 549 g/mol. The zero-order valence-corrected chi connectivity index (χ0v) is 24.3. The number of rotatable bonds is 12. The molecule has 0 aliphatic rings. The number of likely N-dealkylation sites (N-methyl/N-ethyl adjacent to an activating group) is 1. The van der Waals surface area contributed by atoms with E-state index >= 15 is 0 Å². The highest BCUT2D eigenvalue weighted by atomic mass is 32.2. The zero-order valence-electron chi connectivity index (χ0n) is 23.5. The molecule has 0 fully saturated rings. The molecule has 3 aromatic carbocycles. The lowest BCUT2D eigenvalue weighted by Crippen LogP contribution is -2.50. The Morgan fingerprint density at radius 2 is 1.54 bits per heavy atom. The Morgan fingerprint density at radius 1 is 0.872 bits per heavy atom. The molecular formula is C31H39N3O4S. The molecule has 208 valence electrons. The first-order valence-corrected chi connectivity index (χ1v) is 15.0. The van der Waals surface area contributed by atoms with Gasteiger partial charge in [-0.2, -0.15) is 0 Å². The number of aryl methyl sites for hydroxylation is 3. The molecule has 39 heavy (non-hydrogen) atoms. The van der Waals surface area contributed by atoms with Gasteiger partial charge < -0.3 is 10.2 Å². The van der Waals surface area contributed by atoms with E-state index in [0.29, 0.717) is 18.5 Å². The minimum absolute atomic E-state index is 0.102. The molecule has 7 nitrogen and oxygen atoms in total. The number of sulfonamides is 1. The van der Waals surface area contributed by atoms with Gasteiger partial charge in [0.15, 0.2) is 0 Å². The Kier molecular flexibility index (Phi) is 10.3. The van der Waals surface area contributed by atoms with Crippen LogP contribution in [0.2, 0.25) is 0 Å². The molecule has 0 aliphatic carbocycles. The van der Waals surface area contributed by atoms with E-state index in [1.54, 1.807) is 18.0 Å². The molecule has 0 spiro atoms. The van der Waals surface area contributed by atoms with Gasteiger partial charge in [0.2, 0.25) is 21.8 Å². The summed E-state index contributed by atoms with van der Waals surface area (Å²) < 4.78 is 26.6. The molecule has 2 amide bonds. The maximum atomic E-state index is 13.8. The van der Waals surface area contributed by atoms with Crippen molar-refractivity contribution in [2.24, 2.45) is 0 Å². The van der Waals surface area contributed by atoms with Crippen LogP contribution >= 0.6 is 0 Å². The Morgan fingerprint density at radius 3 is 2.15 bits per heavy atom. The smallest absolute Gasteiger partial charge is 0.242 e. The van der Waals surface area contributed by atoms with Gasteiger partial charge in [-0.15, -0.1) is 0 Å². The first-order chi connectivity index (χ1) is 18.5. The van der Waals surface area contributed by atoms with Gasteiger partial charge in [0, 0.05) is 33.0 Å². The molecule has 0 saturated carbocycles. The predicted octanol–water partition coefficient (Wildman–Crippen LogP) is 4.54. The lowest BCUT2D eigenvalue weighted by atomic mass is 10.0. The first-order valence-electron chi connectivity index (χ1n) is 13.2. The van der Waals surface area contributed by atoms with Crippen LogP contribution in [0.25, 0.3) is 0 Å². The van der Waals surface area contributed by atoms with Crippen LogP contribution in [0.4, 0.5) is 5.69 Å². The van der Waals surface area contributed by atoms with Crippen LogP contribution < -0.4 is 9.62 Å². The van der Waals surface area contributed by atoms with E-state index in [-0.39, 0.29) is 31.3 Å². The third-order valence-corrected chi connectivity index (χ3v) is 8.24. The summed E-state index contributed by atoms with van der Waals surface area (Å²) in [6.07, 6.45) is 1.96. The maximum absolute atomic E-state index is 13.8. The third kappa shape index (κ3) is 8.17. The fourth-order valence-electron chi connectivity index (χ4n) is 4.58. The highest BCUT2D eigenvalue weighted by molar-refractivity contribution is 7.92. The lowest BCUT2D eigenvalue weighted by molar-refractivity contribution is -0.141. The molecule has 8 heteroatoms. The second kappa shape index (κ2) is 13.4. The number of carbonyl (C=O) groups excluding carboxylic acids is 2. The number of hydrogen-bond donors (Lipinski definition) is 1. The van der Waals surface area contributed by atoms with Gasteiger partial charge in [-0.05, 0) is 67.1 Å². The fraction of sp³-hybridized carbons (Fsp3) is 0.355. The average molecular weight is 550 g/mol. The van der Waals surface area contributed by atoms with Crippen LogP contribution in [0.3, 0.4) is 0 Å². The van der Waals surface area contributed by atoms with Crippen LogP contribution in [0.1, 0.15) is 40.7 Å². The number of amides is 2. The predicted molar refractivity (Wildman–Crippen MR) is 157 cm³/mol. The van der Waals surface area contributed by atoms with Gasteiger partial charge in [-0.3, -0.25) is 13.9 Å². The van der Waals surface area contributed by atoms with Crippen LogP contribution in [-0.4, -0.2) is 51.0 Å². The van der Waals surface area contributed by atoms with Crippen molar-refractivity contribution in [3.63, 3.8) is 0 Å². The molecule has 0 heterocycles. The molecule has 0 bridgehead atoms. The Balaban J connectivity index is 1.86. The molecule has 1 atom stereocenters. The SMILES string of the molecule is CNC(=O)[C@H](Cc1ccccc1)N(Cc1ccccc1C)C(=O)CCCN(c1ccc(C)c(C)c1)S(C)(=O)=O. The van der Waals surface area contributed by atoms with Crippen molar-refractivity contribution in [1.82, 2.24) is 10.2 Å². The molecule has 0 aliphatic heterocycles. The molecule has 0 unspecified atom stereocenters. The van der Waals surface area contributed by atoms with Crippen molar-refractivity contribution in [3.05, 3.63) is 101 Å². The highest BCUT2D eigenvalue weighted by Crippen LogP contribution is 2.23. The van der Waals surface area contributed by atoms with Crippen molar-refractivity contribution in [2.75, 3.05) is 24.2 Å². The maximum Gasteiger partial charge on any atom is 0.242 e. The number of hydrogen-bond acceptors (Lipinski definition) is 4. The van der Waals surface area contributed by atoms with Crippen molar-refractivity contribution in [2.45, 2.75) is 52.6 Å². The van der Waals surface area contributed by atoms with E-state index in [0.717, 1.165) is 27.8 Å². The normalized spacial score (nSPS) is 12.0. The standard InChI is InChI=1S/C31H39N3O4S/c1-23-17-18-28(20-25(23)3)34(39(5,37)38)19-11-16-30(35)33(22-27-15-10-9-12-24(27)2)29(31(36)32-4)21-26-13-7-6-8-14-26/h6-10,12-15,17-18,20,29H,11,16,19,21-22H2,1-5H3,(H,32,36)/t29-/m0/s1. The Hall–Kier alpha value is -3.65. The molecular weight excluding hydrogens is 510 g/mol. The molecule has 0 aromatic heterocycles. The number of carbonyl (C=O) groups is 2. The topological polar surface area (TPSA) is 86.8 Å². The first kappa shape index (κ1) is 29.9. The molecule has 3 rings (SSSR count). The zero-order chi connectivity index (χ0) is 28.6. The van der Waals surface area contributed by atoms with Gasteiger partial charge in [-0.1, -0.05) is 60.7 Å². The van der Waals surface area contributed by atoms with E-state index < -0.39 is 16.1 Å². The van der Waals surface area contributed by atoms with E-state index in [2.05, 4.69) is 5.32 Å². The minimum Gasteiger partial charge on any atom is -0.357 e. The van der Waals surface area contributed by atoms with Crippen LogP contribution in [-0.2, 0) is 32.6 Å². The highest BCUT2D eigenvalue weighted by Gasteiger charge is 2.30. The quantitative estimate of drug-likeness (QED) is 0.359. The van der Waals surface area contributed by atoms with E-state index in [9.17, 15) is 18.0 Å². The van der Waals surface area contributed by atoms with Crippen molar-refractivity contribution >= 4 is 27.5 Å². The van der Waals surface area contributed by atoms with Crippen LogP contribution in [0.5, 0.6) is 0 Å². The third-order valence-electron chi connectivity index (χ3n) is 7.05. The summed E-state index contributed by atoms with van der Waals surface area (Å²) in [6, 6.07) is 22.3. The largest absolute Gasteiger partial charge is 0.357 e. The second-order valence-corrected chi connectivity index (χ2v) is 11.9. The number of nitrogens with zero attached hydrogens (tertiary/aromatic N) is 2. The number of anilines is 1. The average Bonchev–Trinajstić information content (AvgIpc) is 2.90. The summed E-state index contributed by atoms with van der Waals surface area (Å²) >= 11 is 0. The summed E-state index contributed by atoms with van der Waals surface area (Å²) in [4.78, 5) is 28.5. The number of benzene rings is 3. The van der Waals surface area contributed by atoms with Gasteiger partial charge >= 0.3 is 0 Å². The molecule has 0 saturated heterocycles.